The number of ether oxygens (including phenoxy) is 1. The molecular formula is C29H30N4O4S. The van der Waals surface area contributed by atoms with Crippen LogP contribution in [0.2, 0.25) is 0 Å². The van der Waals surface area contributed by atoms with Crippen LogP contribution in [0.25, 0.3) is 5.69 Å². The Morgan fingerprint density at radius 1 is 0.868 bits per heavy atom. The Morgan fingerprint density at radius 2 is 1.50 bits per heavy atom. The largest absolute Gasteiger partial charge is 0.489 e. The second-order valence-electron chi connectivity index (χ2n) is 9.40. The number of carbonyl (C=O) groups excluding carboxylic acids is 1. The van der Waals surface area contributed by atoms with Crippen molar-refractivity contribution in [2.45, 2.75) is 18.4 Å². The summed E-state index contributed by atoms with van der Waals surface area (Å²) in [6.45, 7) is 4.96. The van der Waals surface area contributed by atoms with E-state index in [4.69, 9.17) is 4.74 Å². The van der Waals surface area contributed by atoms with Crippen LogP contribution in [-0.2, 0) is 16.4 Å². The normalized spacial score (nSPS) is 13.9. The lowest BCUT2D eigenvalue weighted by Gasteiger charge is -2.36. The molecule has 0 bridgehead atoms. The molecule has 0 unspecified atom stereocenters. The first kappa shape index (κ1) is 25.5. The van der Waals surface area contributed by atoms with Crippen molar-refractivity contribution in [3.63, 3.8) is 0 Å². The molecule has 0 radical (unpaired) electrons. The topological polar surface area (TPSA) is 84.7 Å². The summed E-state index contributed by atoms with van der Waals surface area (Å²) in [5.74, 6) is 0.724. The average Bonchev–Trinajstić information content (AvgIpc) is 3.33. The number of amides is 1. The van der Waals surface area contributed by atoms with Crippen LogP contribution in [0.15, 0.2) is 89.8 Å². The molecule has 1 aliphatic rings. The predicted octanol–water partition coefficient (Wildman–Crippen LogP) is 4.13. The maximum atomic E-state index is 13.4. The summed E-state index contributed by atoms with van der Waals surface area (Å²) in [6.07, 6.45) is 1.17. The van der Waals surface area contributed by atoms with Gasteiger partial charge in [-0.05, 0) is 67.1 Å². The minimum atomic E-state index is -3.30. The van der Waals surface area contributed by atoms with E-state index in [2.05, 4.69) is 22.1 Å². The third kappa shape index (κ3) is 5.73. The molecule has 196 valence electrons. The number of carbonyl (C=O) groups is 1. The van der Waals surface area contributed by atoms with Gasteiger partial charge in [0, 0.05) is 38.1 Å². The second kappa shape index (κ2) is 10.7. The Balaban J connectivity index is 1.21. The Bertz CT molecular complexity index is 1510. The predicted molar refractivity (Wildman–Crippen MR) is 147 cm³/mol. The van der Waals surface area contributed by atoms with Gasteiger partial charge < -0.3 is 14.5 Å². The zero-order valence-corrected chi connectivity index (χ0v) is 22.3. The van der Waals surface area contributed by atoms with Gasteiger partial charge in [-0.25, -0.2) is 13.1 Å². The van der Waals surface area contributed by atoms with Crippen LogP contribution in [0.4, 0.5) is 5.69 Å². The summed E-state index contributed by atoms with van der Waals surface area (Å²) in [7, 11) is -3.30. The van der Waals surface area contributed by atoms with Crippen molar-refractivity contribution in [3.05, 3.63) is 102 Å². The summed E-state index contributed by atoms with van der Waals surface area (Å²) in [5.41, 5.74) is 4.04. The van der Waals surface area contributed by atoms with Gasteiger partial charge in [0.1, 0.15) is 18.1 Å². The van der Waals surface area contributed by atoms with Crippen molar-refractivity contribution in [1.82, 2.24) is 14.7 Å². The molecule has 8 nitrogen and oxygen atoms in total. The minimum Gasteiger partial charge on any atom is -0.489 e. The van der Waals surface area contributed by atoms with E-state index >= 15 is 0 Å². The summed E-state index contributed by atoms with van der Waals surface area (Å²) in [4.78, 5) is 17.8. The Kier molecular flexibility index (Phi) is 7.20. The van der Waals surface area contributed by atoms with Gasteiger partial charge in [0.05, 0.1) is 16.3 Å². The van der Waals surface area contributed by atoms with Crippen LogP contribution in [0.3, 0.4) is 0 Å². The molecule has 0 aliphatic carbocycles. The third-order valence-corrected chi connectivity index (χ3v) is 7.71. The quantitative estimate of drug-likeness (QED) is 0.357. The highest BCUT2D eigenvalue weighted by Gasteiger charge is 2.26. The van der Waals surface area contributed by atoms with E-state index in [0.29, 0.717) is 49.9 Å². The molecule has 1 aliphatic heterocycles. The van der Waals surface area contributed by atoms with Gasteiger partial charge in [-0.2, -0.15) is 5.10 Å². The van der Waals surface area contributed by atoms with Crippen LogP contribution in [0.5, 0.6) is 5.75 Å². The number of aryl methyl sites for hydroxylation is 1. The molecule has 1 fully saturated rings. The molecule has 1 amide bonds. The van der Waals surface area contributed by atoms with Crippen molar-refractivity contribution >= 4 is 21.4 Å². The fraction of sp³-hybridized carbons (Fsp3) is 0.241. The number of sulfone groups is 1. The molecule has 1 saturated heterocycles. The smallest absolute Gasteiger partial charge is 0.272 e. The first-order valence-corrected chi connectivity index (χ1v) is 14.4. The zero-order chi connectivity index (χ0) is 26.7. The van der Waals surface area contributed by atoms with Gasteiger partial charge in [-0.1, -0.05) is 30.3 Å². The van der Waals surface area contributed by atoms with Gasteiger partial charge in [0.25, 0.3) is 5.91 Å². The molecule has 1 aromatic heterocycles. The molecule has 0 N–H and O–H groups in total. The molecule has 3 aromatic carbocycles. The number of aromatic nitrogens is 2. The maximum Gasteiger partial charge on any atom is 0.272 e. The highest BCUT2D eigenvalue weighted by Crippen LogP contribution is 2.23. The highest BCUT2D eigenvalue weighted by molar-refractivity contribution is 7.90. The Hall–Kier alpha value is -4.11. The van der Waals surface area contributed by atoms with Crippen LogP contribution in [0.1, 0.15) is 21.7 Å². The van der Waals surface area contributed by atoms with Crippen molar-refractivity contribution in [1.29, 1.82) is 0 Å². The second-order valence-corrected chi connectivity index (χ2v) is 11.4. The number of rotatable bonds is 7. The summed E-state index contributed by atoms with van der Waals surface area (Å²) in [5, 5.41) is 4.49. The van der Waals surface area contributed by atoms with Crippen LogP contribution < -0.4 is 9.64 Å². The first-order valence-electron chi connectivity index (χ1n) is 12.5. The van der Waals surface area contributed by atoms with Gasteiger partial charge in [-0.15, -0.1) is 0 Å². The minimum absolute atomic E-state index is 0.0953. The molecule has 0 spiro atoms. The Labute approximate surface area is 223 Å². The van der Waals surface area contributed by atoms with Crippen LogP contribution in [0, 0.1) is 6.92 Å². The third-order valence-electron chi connectivity index (χ3n) is 6.58. The molecule has 0 saturated carbocycles. The van der Waals surface area contributed by atoms with Gasteiger partial charge >= 0.3 is 0 Å². The van der Waals surface area contributed by atoms with Crippen LogP contribution >= 0.6 is 0 Å². The lowest BCUT2D eigenvalue weighted by molar-refractivity contribution is 0.0737. The first-order chi connectivity index (χ1) is 18.3. The lowest BCUT2D eigenvalue weighted by Crippen LogP contribution is -2.49. The molecule has 9 heteroatoms. The summed E-state index contributed by atoms with van der Waals surface area (Å²) in [6, 6.07) is 26.3. The molecule has 4 aromatic rings. The lowest BCUT2D eigenvalue weighted by atomic mass is 10.2. The fourth-order valence-corrected chi connectivity index (χ4v) is 5.14. The molecule has 38 heavy (non-hydrogen) atoms. The van der Waals surface area contributed by atoms with E-state index in [0.717, 1.165) is 17.0 Å². The number of benzene rings is 3. The SMILES string of the molecule is Cc1cc(C(=O)N2CCN(c3ccc(OCc4ccccc4)cc3)CC2)n(-c2ccc(S(C)(=O)=O)cc2)n1. The summed E-state index contributed by atoms with van der Waals surface area (Å²) >= 11 is 0. The van der Waals surface area contributed by atoms with Crippen molar-refractivity contribution in [2.24, 2.45) is 0 Å². The van der Waals surface area contributed by atoms with E-state index < -0.39 is 9.84 Å². The van der Waals surface area contributed by atoms with Gasteiger partial charge in [0.15, 0.2) is 9.84 Å². The fourth-order valence-electron chi connectivity index (χ4n) is 4.51. The van der Waals surface area contributed by atoms with Gasteiger partial charge in [0.2, 0.25) is 0 Å². The van der Waals surface area contributed by atoms with Gasteiger partial charge in [-0.3, -0.25) is 4.79 Å². The van der Waals surface area contributed by atoms with Crippen molar-refractivity contribution in [2.75, 3.05) is 37.3 Å². The van der Waals surface area contributed by atoms with E-state index in [-0.39, 0.29) is 10.8 Å². The standard InChI is InChI=1S/C29H30N4O4S/c1-22-20-28(33(30-22)25-10-14-27(15-11-25)38(2,35)36)29(34)32-18-16-31(17-19-32)24-8-12-26(13-9-24)37-21-23-6-4-3-5-7-23/h3-15,20H,16-19,21H2,1-2H3. The maximum absolute atomic E-state index is 13.4. The van der Waals surface area contributed by atoms with E-state index in [1.165, 1.54) is 18.4 Å². The van der Waals surface area contributed by atoms with E-state index in [9.17, 15) is 13.2 Å². The van der Waals surface area contributed by atoms with E-state index in [1.807, 2.05) is 54.3 Å². The summed E-state index contributed by atoms with van der Waals surface area (Å²) < 4.78 is 31.1. The number of hydrogen-bond acceptors (Lipinski definition) is 6. The monoisotopic (exact) mass is 530 g/mol. The molecular weight excluding hydrogens is 500 g/mol. The van der Waals surface area contributed by atoms with E-state index in [1.54, 1.807) is 22.9 Å². The molecule has 5 rings (SSSR count). The number of hydrogen-bond donors (Lipinski definition) is 0. The average molecular weight is 531 g/mol. The van der Waals surface area contributed by atoms with Crippen molar-refractivity contribution in [3.8, 4) is 11.4 Å². The molecule has 0 atom stereocenters. The van der Waals surface area contributed by atoms with Crippen LogP contribution in [-0.4, -0.2) is 61.4 Å². The number of nitrogens with zero attached hydrogens (tertiary/aromatic N) is 4. The van der Waals surface area contributed by atoms with Crippen molar-refractivity contribution < 1.29 is 17.9 Å². The number of anilines is 1. The zero-order valence-electron chi connectivity index (χ0n) is 21.4. The Morgan fingerprint density at radius 3 is 2.13 bits per heavy atom. The highest BCUT2D eigenvalue weighted by atomic mass is 32.2. The molecule has 2 heterocycles. The number of piperazine rings is 1.